The van der Waals surface area contributed by atoms with Crippen molar-refractivity contribution in [1.82, 2.24) is 4.90 Å². The van der Waals surface area contributed by atoms with Crippen LogP contribution in [0.2, 0.25) is 0 Å². The van der Waals surface area contributed by atoms with E-state index in [-0.39, 0.29) is 0 Å². The van der Waals surface area contributed by atoms with Crippen LogP contribution in [0.1, 0.15) is 0 Å². The van der Waals surface area contributed by atoms with E-state index in [1.165, 1.54) is 9.80 Å². The van der Waals surface area contributed by atoms with Crippen LogP contribution in [0.25, 0.3) is 0 Å². The molecule has 0 atom stereocenters. The summed E-state index contributed by atoms with van der Waals surface area (Å²) in [6.45, 7) is 10.4. The molecule has 14 N–H and O–H groups in total. The second kappa shape index (κ2) is 24.9. The molecule has 0 rings (SSSR count). The molecular formula is C15H47N9+2. The van der Waals surface area contributed by atoms with Crippen LogP contribution < -0.4 is 44.2 Å². The second-order valence-electron chi connectivity index (χ2n) is 5.95. The largest absolute Gasteiger partial charge is 0.335 e. The summed E-state index contributed by atoms with van der Waals surface area (Å²) in [5.74, 6) is 0. The van der Waals surface area contributed by atoms with Crippen LogP contribution >= 0.6 is 0 Å². The monoisotopic (exact) mass is 353 g/mol. The molecule has 0 aromatic rings. The average molecular weight is 354 g/mol. The highest BCUT2D eigenvalue weighted by molar-refractivity contribution is 4.50. The fourth-order valence-electron chi connectivity index (χ4n) is 1.79. The lowest BCUT2D eigenvalue weighted by Gasteiger charge is -2.12. The molecule has 0 amide bonds. The van der Waals surface area contributed by atoms with Gasteiger partial charge in [0.2, 0.25) is 0 Å². The van der Waals surface area contributed by atoms with E-state index in [1.54, 1.807) is 0 Å². The van der Waals surface area contributed by atoms with Crippen LogP contribution in [0.15, 0.2) is 0 Å². The molecule has 0 fully saturated rings. The highest BCUT2D eigenvalue weighted by atomic mass is 15.1. The zero-order valence-corrected chi connectivity index (χ0v) is 16.4. The third-order valence-corrected chi connectivity index (χ3v) is 3.31. The van der Waals surface area contributed by atoms with Crippen LogP contribution in [0, 0.1) is 0 Å². The van der Waals surface area contributed by atoms with Crippen molar-refractivity contribution < 1.29 is 9.80 Å². The molecule has 0 aliphatic heterocycles. The van der Waals surface area contributed by atoms with E-state index in [0.29, 0.717) is 0 Å². The van der Waals surface area contributed by atoms with Crippen molar-refractivity contribution in [3.63, 3.8) is 0 Å². The van der Waals surface area contributed by atoms with Crippen LogP contribution in [0.5, 0.6) is 0 Å². The van der Waals surface area contributed by atoms with E-state index in [4.69, 9.17) is 34.4 Å². The van der Waals surface area contributed by atoms with Crippen molar-refractivity contribution in [3.05, 3.63) is 0 Å². The topological polar surface area (TPSA) is 168 Å². The Morgan fingerprint density at radius 1 is 0.542 bits per heavy atom. The summed E-state index contributed by atoms with van der Waals surface area (Å²) in [6.07, 6.45) is 0. The summed E-state index contributed by atoms with van der Waals surface area (Å²) in [5, 5.41) is 0. The minimum absolute atomic E-state index is 0.719. The maximum absolute atomic E-state index is 5.30. The molecule has 24 heavy (non-hydrogen) atoms. The van der Waals surface area contributed by atoms with E-state index in [2.05, 4.69) is 19.0 Å². The average Bonchev–Trinajstić information content (AvgIpc) is 2.50. The van der Waals surface area contributed by atoms with Crippen LogP contribution in [-0.2, 0) is 0 Å². The zero-order valence-electron chi connectivity index (χ0n) is 16.4. The Balaban J connectivity index is -0.000000276. The van der Waals surface area contributed by atoms with Gasteiger partial charge in [-0.2, -0.15) is 0 Å². The SMILES string of the molecule is CN(CCN)CCN.C[NH+](CCN)CCN.C[NH+](CCN)CCN. The molecule has 0 saturated heterocycles. The number of hydrogen-bond acceptors (Lipinski definition) is 7. The van der Waals surface area contributed by atoms with Gasteiger partial charge in [0.25, 0.3) is 0 Å². The molecule has 0 heterocycles. The maximum atomic E-state index is 5.30. The molecule has 9 nitrogen and oxygen atoms in total. The fourth-order valence-corrected chi connectivity index (χ4v) is 1.79. The van der Waals surface area contributed by atoms with E-state index in [1.807, 2.05) is 7.05 Å². The Kier molecular flexibility index (Phi) is 29.5. The second-order valence-corrected chi connectivity index (χ2v) is 5.95. The minimum atomic E-state index is 0.719. The number of nitrogens with two attached hydrogens (primary N) is 6. The number of nitrogens with zero attached hydrogens (tertiary/aromatic N) is 1. The quantitative estimate of drug-likeness (QED) is 0.172. The molecule has 0 aromatic heterocycles. The molecule has 0 unspecified atom stereocenters. The van der Waals surface area contributed by atoms with Crippen molar-refractivity contribution in [2.75, 3.05) is 99.7 Å². The van der Waals surface area contributed by atoms with Crippen molar-refractivity contribution >= 4 is 0 Å². The minimum Gasteiger partial charge on any atom is -0.335 e. The van der Waals surface area contributed by atoms with E-state index < -0.39 is 0 Å². The lowest BCUT2D eigenvalue weighted by Crippen LogP contribution is -3.10. The molecule has 0 aliphatic carbocycles. The maximum Gasteiger partial charge on any atom is 0.0893 e. The highest BCUT2D eigenvalue weighted by Gasteiger charge is 1.95. The lowest BCUT2D eigenvalue weighted by molar-refractivity contribution is -0.876. The Morgan fingerprint density at radius 2 is 0.792 bits per heavy atom. The number of rotatable bonds is 12. The summed E-state index contributed by atoms with van der Waals surface area (Å²) < 4.78 is 0. The fraction of sp³-hybridized carbons (Fsp3) is 1.00. The van der Waals surface area contributed by atoms with Crippen molar-refractivity contribution in [3.8, 4) is 0 Å². The molecular weight excluding hydrogens is 306 g/mol. The molecule has 0 aliphatic rings. The number of nitrogens with one attached hydrogen (secondary N) is 2. The van der Waals surface area contributed by atoms with Crippen molar-refractivity contribution in [2.45, 2.75) is 0 Å². The summed E-state index contributed by atoms with van der Waals surface area (Å²) in [5.41, 5.74) is 31.7. The first kappa shape index (κ1) is 28.4. The standard InChI is InChI=1S/3C5H15N3/c3*1-8(4-2-6)5-3-7/h3*2-7H2,1H3/p+2. The predicted octanol–water partition coefficient (Wildman–Crippen LogP) is -6.33. The summed E-state index contributed by atoms with van der Waals surface area (Å²) in [6, 6.07) is 0. The Morgan fingerprint density at radius 3 is 0.958 bits per heavy atom. The van der Waals surface area contributed by atoms with E-state index in [0.717, 1.165) is 78.5 Å². The van der Waals surface area contributed by atoms with Gasteiger partial charge in [-0.3, -0.25) is 0 Å². The van der Waals surface area contributed by atoms with Gasteiger partial charge in [0.1, 0.15) is 0 Å². The third kappa shape index (κ3) is 29.6. The molecule has 0 bridgehead atoms. The third-order valence-electron chi connectivity index (χ3n) is 3.31. The van der Waals surface area contributed by atoms with Gasteiger partial charge in [0, 0.05) is 52.4 Å². The predicted molar refractivity (Wildman–Crippen MR) is 105 cm³/mol. The Labute approximate surface area is 149 Å². The molecule has 0 radical (unpaired) electrons. The van der Waals surface area contributed by atoms with Crippen LogP contribution in [-0.4, -0.2) is 105 Å². The van der Waals surface area contributed by atoms with E-state index in [9.17, 15) is 0 Å². The molecule has 0 aromatic carbocycles. The van der Waals surface area contributed by atoms with E-state index >= 15 is 0 Å². The van der Waals surface area contributed by atoms with Gasteiger partial charge in [0.05, 0.1) is 40.3 Å². The van der Waals surface area contributed by atoms with Crippen LogP contribution in [0.4, 0.5) is 0 Å². The number of likely N-dealkylation sites (N-methyl/N-ethyl adjacent to an activating group) is 3. The molecule has 0 saturated carbocycles. The Hall–Kier alpha value is -0.360. The van der Waals surface area contributed by atoms with Crippen molar-refractivity contribution in [2.24, 2.45) is 34.4 Å². The Bertz CT molecular complexity index is 156. The smallest absolute Gasteiger partial charge is 0.0893 e. The normalized spacial score (nSPS) is 10.5. The lowest BCUT2D eigenvalue weighted by atomic mass is 10.5. The number of hydrogen-bond donors (Lipinski definition) is 8. The van der Waals surface area contributed by atoms with Gasteiger partial charge in [0.15, 0.2) is 0 Å². The van der Waals surface area contributed by atoms with Crippen molar-refractivity contribution in [1.29, 1.82) is 0 Å². The van der Waals surface area contributed by atoms with Gasteiger partial charge in [-0.15, -0.1) is 0 Å². The molecule has 150 valence electrons. The molecule has 0 spiro atoms. The first-order valence-electron chi connectivity index (χ1n) is 8.94. The summed E-state index contributed by atoms with van der Waals surface area (Å²) >= 11 is 0. The highest BCUT2D eigenvalue weighted by Crippen LogP contribution is 1.74. The van der Waals surface area contributed by atoms with Crippen LogP contribution in [0.3, 0.4) is 0 Å². The van der Waals surface area contributed by atoms with Gasteiger partial charge >= 0.3 is 0 Å². The van der Waals surface area contributed by atoms with Gasteiger partial charge < -0.3 is 49.1 Å². The molecule has 9 heteroatoms. The van der Waals surface area contributed by atoms with Gasteiger partial charge in [-0.1, -0.05) is 0 Å². The summed E-state index contributed by atoms with van der Waals surface area (Å²) in [4.78, 5) is 4.94. The van der Waals surface area contributed by atoms with Gasteiger partial charge in [-0.05, 0) is 7.05 Å². The zero-order chi connectivity index (χ0) is 19.2. The summed E-state index contributed by atoms with van der Waals surface area (Å²) in [7, 11) is 6.21. The first-order valence-corrected chi connectivity index (χ1v) is 8.94. The first-order chi connectivity index (χ1) is 11.4. The number of quaternary nitrogens is 2. The van der Waals surface area contributed by atoms with Gasteiger partial charge in [-0.25, -0.2) is 0 Å².